The molecular weight excluding hydrogens is 187 g/mol. The normalized spacial score (nSPS) is 12.5. The van der Waals surface area contributed by atoms with Crippen molar-refractivity contribution in [1.82, 2.24) is 0 Å². The van der Waals surface area contributed by atoms with Crippen molar-refractivity contribution in [3.8, 4) is 0 Å². The van der Waals surface area contributed by atoms with Crippen molar-refractivity contribution < 1.29 is 18.3 Å². The lowest BCUT2D eigenvalue weighted by Gasteiger charge is -2.10. The maximum Gasteiger partial charge on any atom is 0.480 e. The molecular formula is C5H13O4PS. The molecule has 0 amide bonds. The van der Waals surface area contributed by atoms with Gasteiger partial charge in [-0.2, -0.15) is 0 Å². The summed E-state index contributed by atoms with van der Waals surface area (Å²) in [7, 11) is -4.28. The fraction of sp³-hybridized carbons (Fsp3) is 1.00. The highest BCUT2D eigenvalue weighted by Gasteiger charge is 2.17. The van der Waals surface area contributed by atoms with E-state index in [1.54, 1.807) is 0 Å². The first kappa shape index (κ1) is 11.5. The van der Waals surface area contributed by atoms with E-state index >= 15 is 0 Å². The van der Waals surface area contributed by atoms with Crippen LogP contribution in [0.25, 0.3) is 0 Å². The van der Waals surface area contributed by atoms with E-state index in [1.165, 1.54) is 0 Å². The molecule has 68 valence electrons. The maximum absolute atomic E-state index is 10.2. The van der Waals surface area contributed by atoms with E-state index in [0.717, 1.165) is 24.9 Å². The van der Waals surface area contributed by atoms with Crippen molar-refractivity contribution in [3.05, 3.63) is 0 Å². The lowest BCUT2D eigenvalue weighted by Crippen LogP contribution is -1.98. The van der Waals surface area contributed by atoms with Crippen molar-refractivity contribution in [1.29, 1.82) is 0 Å². The molecule has 0 spiro atoms. The summed E-state index contributed by atoms with van der Waals surface area (Å²) < 4.78 is 14.5. The molecule has 0 rings (SSSR count). The molecule has 4 nitrogen and oxygen atoms in total. The predicted molar refractivity (Wildman–Crippen MR) is 45.1 cm³/mol. The Morgan fingerprint density at radius 3 is 2.18 bits per heavy atom. The summed E-state index contributed by atoms with van der Waals surface area (Å²) in [4.78, 5) is 16.7. The fourth-order valence-corrected chi connectivity index (χ4v) is 1.75. The summed E-state index contributed by atoms with van der Waals surface area (Å²) in [5.74, 6) is 0. The van der Waals surface area contributed by atoms with Crippen LogP contribution in [0.1, 0.15) is 26.7 Å². The molecule has 0 aliphatic rings. The van der Waals surface area contributed by atoms with Gasteiger partial charge in [0, 0.05) is 17.3 Å². The molecule has 0 aromatic heterocycles. The van der Waals surface area contributed by atoms with E-state index in [4.69, 9.17) is 9.79 Å². The lowest BCUT2D eigenvalue weighted by molar-refractivity contribution is 0.297. The van der Waals surface area contributed by atoms with Crippen LogP contribution < -0.4 is 0 Å². The summed E-state index contributed by atoms with van der Waals surface area (Å²) in [6.45, 7) is 3.90. The first-order chi connectivity index (χ1) is 4.99. The Labute approximate surface area is 70.8 Å². The minimum Gasteiger partial charge on any atom is -0.302 e. The molecule has 0 radical (unpaired) electrons. The van der Waals surface area contributed by atoms with Gasteiger partial charge < -0.3 is 9.79 Å². The Balaban J connectivity index is 3.59. The molecule has 0 aliphatic carbocycles. The zero-order valence-corrected chi connectivity index (χ0v) is 8.27. The number of hydrogen-bond donors (Lipinski definition) is 2. The molecule has 0 saturated carbocycles. The number of phosphoric acid groups is 1. The quantitative estimate of drug-likeness (QED) is 0.524. The molecule has 0 saturated heterocycles. The highest BCUT2D eigenvalue weighted by Crippen LogP contribution is 2.43. The molecule has 6 heteroatoms. The third-order valence-electron chi connectivity index (χ3n) is 1.19. The Bertz CT molecular complexity index is 141. The largest absolute Gasteiger partial charge is 0.480 e. The van der Waals surface area contributed by atoms with Gasteiger partial charge in [-0.15, -0.1) is 0 Å². The van der Waals surface area contributed by atoms with Crippen LogP contribution in [0.15, 0.2) is 0 Å². The molecule has 11 heavy (non-hydrogen) atoms. The third kappa shape index (κ3) is 6.84. The highest BCUT2D eigenvalue weighted by atomic mass is 32.2. The second-order valence-corrected chi connectivity index (χ2v) is 4.54. The topological polar surface area (TPSA) is 66.8 Å². The Morgan fingerprint density at radius 1 is 1.45 bits per heavy atom. The molecule has 0 unspecified atom stereocenters. The van der Waals surface area contributed by atoms with Crippen LogP contribution in [0.4, 0.5) is 0 Å². The zero-order chi connectivity index (χ0) is 8.91. The first-order valence-electron chi connectivity index (χ1n) is 3.40. The third-order valence-corrected chi connectivity index (χ3v) is 3.25. The van der Waals surface area contributed by atoms with E-state index in [1.807, 2.05) is 13.8 Å². The minimum absolute atomic E-state index is 0.169. The number of hydrogen-bond acceptors (Lipinski definition) is 3. The van der Waals surface area contributed by atoms with Gasteiger partial charge in [0.2, 0.25) is 0 Å². The lowest BCUT2D eigenvalue weighted by atomic mass is 10.3. The molecule has 0 aromatic carbocycles. The van der Waals surface area contributed by atoms with E-state index < -0.39 is 7.82 Å². The summed E-state index contributed by atoms with van der Waals surface area (Å²) in [5, 5.41) is 0.169. The summed E-state index contributed by atoms with van der Waals surface area (Å²) in [6, 6.07) is 0. The highest BCUT2D eigenvalue weighted by molar-refractivity contribution is 7.98. The summed E-state index contributed by atoms with van der Waals surface area (Å²) >= 11 is 0.865. The molecule has 0 aliphatic heterocycles. The molecule has 0 bridgehead atoms. The SMILES string of the molecule is CCC(CC)SOP(=O)(O)O. The molecule has 2 N–H and O–H groups in total. The van der Waals surface area contributed by atoms with Gasteiger partial charge in [0.15, 0.2) is 0 Å². The van der Waals surface area contributed by atoms with Crippen molar-refractivity contribution in [2.24, 2.45) is 0 Å². The van der Waals surface area contributed by atoms with Crippen molar-refractivity contribution in [2.45, 2.75) is 31.9 Å². The van der Waals surface area contributed by atoms with Crippen LogP contribution in [-0.4, -0.2) is 15.0 Å². The van der Waals surface area contributed by atoms with E-state index in [2.05, 4.69) is 3.97 Å². The second kappa shape index (κ2) is 5.17. The average molecular weight is 200 g/mol. The van der Waals surface area contributed by atoms with Crippen LogP contribution in [-0.2, 0) is 8.54 Å². The van der Waals surface area contributed by atoms with Gasteiger partial charge in [0.1, 0.15) is 0 Å². The molecule has 0 fully saturated rings. The van der Waals surface area contributed by atoms with E-state index in [-0.39, 0.29) is 5.25 Å². The maximum atomic E-state index is 10.2. The van der Waals surface area contributed by atoms with Crippen LogP contribution in [0.3, 0.4) is 0 Å². The van der Waals surface area contributed by atoms with Crippen LogP contribution in [0.2, 0.25) is 0 Å². The first-order valence-corrected chi connectivity index (χ1v) is 5.73. The van der Waals surface area contributed by atoms with E-state index in [9.17, 15) is 4.57 Å². The molecule has 0 atom stereocenters. The van der Waals surface area contributed by atoms with Crippen molar-refractivity contribution >= 4 is 19.9 Å². The van der Waals surface area contributed by atoms with Gasteiger partial charge in [0.25, 0.3) is 0 Å². The molecule has 0 heterocycles. The van der Waals surface area contributed by atoms with Gasteiger partial charge in [-0.1, -0.05) is 13.8 Å². The minimum atomic E-state index is -4.28. The second-order valence-electron chi connectivity index (χ2n) is 2.10. The zero-order valence-electron chi connectivity index (χ0n) is 6.56. The van der Waals surface area contributed by atoms with Crippen LogP contribution >= 0.6 is 19.9 Å². The summed E-state index contributed by atoms with van der Waals surface area (Å²) in [5.41, 5.74) is 0. The Hall–Kier alpha value is 0.460. The Kier molecular flexibility index (Phi) is 5.38. The Morgan fingerprint density at radius 2 is 1.91 bits per heavy atom. The fourth-order valence-electron chi connectivity index (χ4n) is 0.542. The van der Waals surface area contributed by atoms with Gasteiger partial charge in [0.05, 0.1) is 0 Å². The van der Waals surface area contributed by atoms with Gasteiger partial charge in [-0.05, 0) is 12.8 Å². The standard InChI is InChI=1S/C5H13O4PS/c1-3-5(4-2)11-9-10(6,7)8/h5H,3-4H2,1-2H3,(H2,6,7,8). The van der Waals surface area contributed by atoms with Gasteiger partial charge >= 0.3 is 7.82 Å². The predicted octanol–water partition coefficient (Wildman–Crippen LogP) is 1.93. The monoisotopic (exact) mass is 200 g/mol. The molecule has 0 aromatic rings. The van der Waals surface area contributed by atoms with Crippen LogP contribution in [0.5, 0.6) is 0 Å². The van der Waals surface area contributed by atoms with Crippen LogP contribution in [0, 0.1) is 0 Å². The van der Waals surface area contributed by atoms with E-state index in [0.29, 0.717) is 0 Å². The average Bonchev–Trinajstić information content (AvgIpc) is 1.88. The summed E-state index contributed by atoms with van der Waals surface area (Å²) in [6.07, 6.45) is 1.70. The van der Waals surface area contributed by atoms with Gasteiger partial charge in [-0.3, -0.25) is 0 Å². The van der Waals surface area contributed by atoms with Crippen molar-refractivity contribution in [3.63, 3.8) is 0 Å². The number of rotatable bonds is 5. The van der Waals surface area contributed by atoms with Gasteiger partial charge in [-0.25, -0.2) is 8.54 Å². The smallest absolute Gasteiger partial charge is 0.302 e. The van der Waals surface area contributed by atoms with Crippen molar-refractivity contribution in [2.75, 3.05) is 0 Å².